The summed E-state index contributed by atoms with van der Waals surface area (Å²) in [7, 11) is 1.60. The second-order valence-corrected chi connectivity index (χ2v) is 6.96. The summed E-state index contributed by atoms with van der Waals surface area (Å²) in [5, 5.41) is 0.779. The molecule has 2 aromatic rings. The number of carbonyl (C=O) groups excluding carboxylic acids is 1. The van der Waals surface area contributed by atoms with Crippen molar-refractivity contribution in [3.05, 3.63) is 57.3 Å². The van der Waals surface area contributed by atoms with Gasteiger partial charge in [-0.3, -0.25) is 4.79 Å². The van der Waals surface area contributed by atoms with Gasteiger partial charge in [-0.25, -0.2) is 4.39 Å². The van der Waals surface area contributed by atoms with Crippen molar-refractivity contribution in [3.8, 4) is 5.75 Å². The lowest BCUT2D eigenvalue weighted by atomic mass is 10.1. The number of nitrogens with zero attached hydrogens (tertiary/aromatic N) is 2. The fraction of sp³-hybridized carbons (Fsp3) is 0.316. The SMILES string of the molecule is COc1cc(Cl)c(C)cc1N1CCN(C(=O)c2c(F)cccc2Cl)CC1. The van der Waals surface area contributed by atoms with Gasteiger partial charge in [-0.1, -0.05) is 29.3 Å². The van der Waals surface area contributed by atoms with Crippen LogP contribution in [0.4, 0.5) is 10.1 Å². The topological polar surface area (TPSA) is 32.8 Å². The number of rotatable bonds is 3. The van der Waals surface area contributed by atoms with E-state index >= 15 is 0 Å². The zero-order valence-corrected chi connectivity index (χ0v) is 16.1. The van der Waals surface area contributed by atoms with E-state index in [1.54, 1.807) is 18.1 Å². The van der Waals surface area contributed by atoms with Crippen LogP contribution in [0.2, 0.25) is 10.0 Å². The molecule has 1 heterocycles. The normalized spacial score (nSPS) is 14.5. The van der Waals surface area contributed by atoms with Gasteiger partial charge in [-0.05, 0) is 30.7 Å². The molecule has 1 saturated heterocycles. The van der Waals surface area contributed by atoms with E-state index in [1.165, 1.54) is 18.2 Å². The lowest BCUT2D eigenvalue weighted by Gasteiger charge is -2.37. The molecule has 7 heteroatoms. The number of hydrogen-bond acceptors (Lipinski definition) is 3. The Morgan fingerprint density at radius 1 is 1.12 bits per heavy atom. The Morgan fingerprint density at radius 2 is 1.81 bits per heavy atom. The van der Waals surface area contributed by atoms with Crippen LogP contribution in [0.3, 0.4) is 0 Å². The number of methoxy groups -OCH3 is 1. The van der Waals surface area contributed by atoms with E-state index < -0.39 is 5.82 Å². The molecule has 1 aliphatic heterocycles. The van der Waals surface area contributed by atoms with Gasteiger partial charge in [0.25, 0.3) is 5.91 Å². The highest BCUT2D eigenvalue weighted by Crippen LogP contribution is 2.34. The molecule has 0 aliphatic carbocycles. The molecule has 0 aromatic heterocycles. The Bertz CT molecular complexity index is 816. The van der Waals surface area contributed by atoms with E-state index in [0.717, 1.165) is 11.3 Å². The second-order valence-electron chi connectivity index (χ2n) is 6.15. The first-order chi connectivity index (χ1) is 12.4. The summed E-state index contributed by atoms with van der Waals surface area (Å²) in [5.74, 6) is -0.288. The molecule has 0 spiro atoms. The summed E-state index contributed by atoms with van der Waals surface area (Å²) < 4.78 is 19.4. The molecule has 0 N–H and O–H groups in total. The van der Waals surface area contributed by atoms with Gasteiger partial charge in [0.2, 0.25) is 0 Å². The molecule has 4 nitrogen and oxygen atoms in total. The third-order valence-corrected chi connectivity index (χ3v) is 5.27. The molecule has 0 atom stereocenters. The molecule has 0 radical (unpaired) electrons. The number of amides is 1. The van der Waals surface area contributed by atoms with Crippen molar-refractivity contribution in [1.82, 2.24) is 4.90 Å². The van der Waals surface area contributed by atoms with E-state index in [0.29, 0.717) is 37.0 Å². The standard InChI is InChI=1S/C19H19Cl2FN2O2/c1-12-10-16(17(26-2)11-14(12)21)23-6-8-24(9-7-23)19(25)18-13(20)4-3-5-15(18)22/h3-5,10-11H,6-9H2,1-2H3. The largest absolute Gasteiger partial charge is 0.495 e. The van der Waals surface area contributed by atoms with Crippen molar-refractivity contribution in [2.24, 2.45) is 0 Å². The van der Waals surface area contributed by atoms with Crippen LogP contribution in [0.1, 0.15) is 15.9 Å². The van der Waals surface area contributed by atoms with E-state index in [2.05, 4.69) is 4.90 Å². The van der Waals surface area contributed by atoms with Gasteiger partial charge in [0, 0.05) is 37.3 Å². The van der Waals surface area contributed by atoms with Crippen molar-refractivity contribution >= 4 is 34.8 Å². The molecule has 3 rings (SSSR count). The van der Waals surface area contributed by atoms with Gasteiger partial charge >= 0.3 is 0 Å². The van der Waals surface area contributed by atoms with Gasteiger partial charge in [0.1, 0.15) is 11.6 Å². The second kappa shape index (κ2) is 7.72. The first kappa shape index (κ1) is 18.8. The van der Waals surface area contributed by atoms with Gasteiger partial charge in [0.15, 0.2) is 0 Å². The predicted molar refractivity (Wildman–Crippen MR) is 102 cm³/mol. The molecule has 1 amide bonds. The summed E-state index contributed by atoms with van der Waals surface area (Å²) in [6, 6.07) is 8.03. The monoisotopic (exact) mass is 396 g/mol. The quantitative estimate of drug-likeness (QED) is 0.769. The van der Waals surface area contributed by atoms with Crippen LogP contribution in [-0.4, -0.2) is 44.1 Å². The highest BCUT2D eigenvalue weighted by molar-refractivity contribution is 6.33. The third-order valence-electron chi connectivity index (χ3n) is 4.54. The van der Waals surface area contributed by atoms with E-state index in [-0.39, 0.29) is 16.5 Å². The van der Waals surface area contributed by atoms with Gasteiger partial charge in [-0.15, -0.1) is 0 Å². The molecule has 1 fully saturated rings. The van der Waals surface area contributed by atoms with Crippen LogP contribution in [0, 0.1) is 12.7 Å². The Morgan fingerprint density at radius 3 is 2.42 bits per heavy atom. The number of hydrogen-bond donors (Lipinski definition) is 0. The summed E-state index contributed by atoms with van der Waals surface area (Å²) in [6.07, 6.45) is 0. The van der Waals surface area contributed by atoms with Crippen molar-refractivity contribution in [3.63, 3.8) is 0 Å². The number of piperazine rings is 1. The lowest BCUT2D eigenvalue weighted by Crippen LogP contribution is -2.49. The Labute approximate surface area is 162 Å². The first-order valence-electron chi connectivity index (χ1n) is 8.24. The van der Waals surface area contributed by atoms with Crippen LogP contribution in [0.5, 0.6) is 5.75 Å². The molecule has 0 unspecified atom stereocenters. The van der Waals surface area contributed by atoms with Crippen molar-refractivity contribution < 1.29 is 13.9 Å². The number of benzene rings is 2. The number of ether oxygens (including phenoxy) is 1. The minimum absolute atomic E-state index is 0.0671. The highest BCUT2D eigenvalue weighted by atomic mass is 35.5. The smallest absolute Gasteiger partial charge is 0.258 e. The van der Waals surface area contributed by atoms with Gasteiger partial charge in [-0.2, -0.15) is 0 Å². The van der Waals surface area contributed by atoms with E-state index in [1.807, 2.05) is 13.0 Å². The number of aryl methyl sites for hydroxylation is 1. The van der Waals surface area contributed by atoms with E-state index in [9.17, 15) is 9.18 Å². The van der Waals surface area contributed by atoms with Crippen LogP contribution in [0.15, 0.2) is 30.3 Å². The molecule has 0 bridgehead atoms. The number of carbonyl (C=O) groups is 1. The first-order valence-corrected chi connectivity index (χ1v) is 9.00. The third kappa shape index (κ3) is 3.60. The molecule has 138 valence electrons. The summed E-state index contributed by atoms with van der Waals surface area (Å²) in [6.45, 7) is 4.08. The number of anilines is 1. The van der Waals surface area contributed by atoms with Crippen LogP contribution < -0.4 is 9.64 Å². The van der Waals surface area contributed by atoms with Crippen LogP contribution >= 0.6 is 23.2 Å². The van der Waals surface area contributed by atoms with Gasteiger partial charge in [0.05, 0.1) is 23.4 Å². The number of halogens is 3. The Hall–Kier alpha value is -1.98. The molecule has 1 aliphatic rings. The Balaban J connectivity index is 1.76. The highest BCUT2D eigenvalue weighted by Gasteiger charge is 2.27. The maximum Gasteiger partial charge on any atom is 0.258 e. The molecule has 26 heavy (non-hydrogen) atoms. The molecular weight excluding hydrogens is 378 g/mol. The van der Waals surface area contributed by atoms with Crippen molar-refractivity contribution in [2.75, 3.05) is 38.2 Å². The van der Waals surface area contributed by atoms with E-state index in [4.69, 9.17) is 27.9 Å². The average molecular weight is 397 g/mol. The van der Waals surface area contributed by atoms with Crippen molar-refractivity contribution in [2.45, 2.75) is 6.92 Å². The fourth-order valence-electron chi connectivity index (χ4n) is 3.07. The van der Waals surface area contributed by atoms with Crippen molar-refractivity contribution in [1.29, 1.82) is 0 Å². The Kier molecular flexibility index (Phi) is 5.58. The fourth-order valence-corrected chi connectivity index (χ4v) is 3.47. The summed E-state index contributed by atoms with van der Waals surface area (Å²) >= 11 is 12.2. The zero-order chi connectivity index (χ0) is 18.8. The average Bonchev–Trinajstić information content (AvgIpc) is 2.63. The van der Waals surface area contributed by atoms with Crippen LogP contribution in [-0.2, 0) is 0 Å². The zero-order valence-electron chi connectivity index (χ0n) is 14.6. The maximum atomic E-state index is 14.0. The maximum absolute atomic E-state index is 14.0. The minimum Gasteiger partial charge on any atom is -0.495 e. The molecule has 2 aromatic carbocycles. The van der Waals surface area contributed by atoms with Gasteiger partial charge < -0.3 is 14.5 Å². The van der Waals surface area contributed by atoms with Crippen LogP contribution in [0.25, 0.3) is 0 Å². The summed E-state index contributed by atoms with van der Waals surface area (Å²) in [5.41, 5.74) is 1.83. The lowest BCUT2D eigenvalue weighted by molar-refractivity contribution is 0.0742. The summed E-state index contributed by atoms with van der Waals surface area (Å²) in [4.78, 5) is 16.4. The molecule has 0 saturated carbocycles. The minimum atomic E-state index is -0.597. The predicted octanol–water partition coefficient (Wildman–Crippen LogP) is 4.41. The molecular formula is C19H19Cl2FN2O2.